The van der Waals surface area contributed by atoms with Crippen LogP contribution in [0.1, 0.15) is 18.9 Å². The second kappa shape index (κ2) is 8.38. The number of hydrogen-bond acceptors (Lipinski definition) is 4. The fraction of sp³-hybridized carbons (Fsp3) is 0.538. The van der Waals surface area contributed by atoms with Gasteiger partial charge in [-0.15, -0.1) is 0 Å². The van der Waals surface area contributed by atoms with Crippen molar-refractivity contribution >= 4 is 37.7 Å². The second-order valence-corrected chi connectivity index (χ2v) is 8.39. The lowest BCUT2D eigenvalue weighted by molar-refractivity contribution is 0.578. The fourth-order valence-electron chi connectivity index (χ4n) is 1.66. The number of hydrogen-bond donors (Lipinski definition) is 2. The lowest BCUT2D eigenvalue weighted by atomic mass is 10.2. The Bertz CT molecular complexity index is 535. The number of halogens is 1. The molecule has 0 aromatic heterocycles. The van der Waals surface area contributed by atoms with E-state index in [1.807, 2.05) is 19.4 Å². The summed E-state index contributed by atoms with van der Waals surface area (Å²) in [6.45, 7) is 3.18. The molecule has 1 unspecified atom stereocenters. The first-order valence-corrected chi connectivity index (χ1v) is 9.92. The van der Waals surface area contributed by atoms with Crippen LogP contribution in [-0.4, -0.2) is 33.5 Å². The summed E-state index contributed by atoms with van der Waals surface area (Å²) < 4.78 is 27.9. The molecular formula is C13H21BrN2O2S2. The summed E-state index contributed by atoms with van der Waals surface area (Å²) >= 11 is 5.04. The van der Waals surface area contributed by atoms with Gasteiger partial charge in [0.1, 0.15) is 0 Å². The summed E-state index contributed by atoms with van der Waals surface area (Å²) in [6.07, 6.45) is 2.84. The largest absolute Gasteiger partial charge is 0.316 e. The molecule has 1 rings (SSSR count). The van der Waals surface area contributed by atoms with Gasteiger partial charge in [0.15, 0.2) is 0 Å². The fourth-order valence-corrected chi connectivity index (χ4v) is 4.07. The molecule has 0 saturated carbocycles. The molecule has 0 amide bonds. The zero-order valence-corrected chi connectivity index (χ0v) is 15.2. The van der Waals surface area contributed by atoms with Crippen molar-refractivity contribution < 1.29 is 8.42 Å². The Morgan fingerprint density at radius 3 is 2.70 bits per heavy atom. The first-order chi connectivity index (χ1) is 9.40. The highest BCUT2D eigenvalue weighted by atomic mass is 79.9. The standard InChI is InChI=1S/C13H21BrN2O2S2/c1-10(19-3)6-7-16-20(17,18)13-8-11(9-15-2)4-5-12(13)14/h4-5,8,10,15-16H,6-7,9H2,1-3H3. The summed E-state index contributed by atoms with van der Waals surface area (Å²) in [7, 11) is -1.64. The van der Waals surface area contributed by atoms with Crippen molar-refractivity contribution in [3.8, 4) is 0 Å². The summed E-state index contributed by atoms with van der Waals surface area (Å²) in [6, 6.07) is 5.36. The van der Waals surface area contributed by atoms with E-state index >= 15 is 0 Å². The molecule has 1 aromatic rings. The quantitative estimate of drug-likeness (QED) is 0.727. The summed E-state index contributed by atoms with van der Waals surface area (Å²) in [5.74, 6) is 0. The summed E-state index contributed by atoms with van der Waals surface area (Å²) in [5, 5.41) is 3.46. The van der Waals surface area contributed by atoms with Crippen LogP contribution in [0.4, 0.5) is 0 Å². The molecule has 20 heavy (non-hydrogen) atoms. The SMILES string of the molecule is CNCc1ccc(Br)c(S(=O)(=O)NCCC(C)SC)c1. The van der Waals surface area contributed by atoms with Crippen LogP contribution >= 0.6 is 27.7 Å². The third-order valence-electron chi connectivity index (χ3n) is 2.91. The second-order valence-electron chi connectivity index (χ2n) is 4.53. The third-order valence-corrected chi connectivity index (χ3v) is 6.41. The van der Waals surface area contributed by atoms with Crippen LogP contribution < -0.4 is 10.0 Å². The van der Waals surface area contributed by atoms with E-state index in [-0.39, 0.29) is 0 Å². The van der Waals surface area contributed by atoms with E-state index in [4.69, 9.17) is 0 Å². The van der Waals surface area contributed by atoms with Gasteiger partial charge in [-0.05, 0) is 53.4 Å². The Morgan fingerprint density at radius 1 is 1.40 bits per heavy atom. The van der Waals surface area contributed by atoms with Gasteiger partial charge in [0.05, 0.1) is 4.90 Å². The maximum Gasteiger partial charge on any atom is 0.241 e. The van der Waals surface area contributed by atoms with Gasteiger partial charge in [-0.2, -0.15) is 11.8 Å². The minimum Gasteiger partial charge on any atom is -0.316 e. The molecule has 0 aliphatic heterocycles. The lowest BCUT2D eigenvalue weighted by Gasteiger charge is -2.12. The molecule has 0 heterocycles. The minimum absolute atomic E-state index is 0.294. The van der Waals surface area contributed by atoms with Crippen molar-refractivity contribution in [3.05, 3.63) is 28.2 Å². The van der Waals surface area contributed by atoms with Gasteiger partial charge in [-0.1, -0.05) is 13.0 Å². The molecule has 7 heteroatoms. The molecule has 0 spiro atoms. The summed E-state index contributed by atoms with van der Waals surface area (Å²) in [5.41, 5.74) is 0.938. The number of thioether (sulfide) groups is 1. The van der Waals surface area contributed by atoms with Crippen LogP contribution in [0.25, 0.3) is 0 Å². The van der Waals surface area contributed by atoms with Crippen LogP contribution in [0.15, 0.2) is 27.6 Å². The monoisotopic (exact) mass is 380 g/mol. The van der Waals surface area contributed by atoms with Crippen LogP contribution in [0.2, 0.25) is 0 Å². The maximum atomic E-state index is 12.3. The average molecular weight is 381 g/mol. The van der Waals surface area contributed by atoms with Gasteiger partial charge in [0.25, 0.3) is 0 Å². The predicted octanol–water partition coefficient (Wildman–Crippen LogP) is 2.59. The van der Waals surface area contributed by atoms with E-state index in [1.54, 1.807) is 23.9 Å². The smallest absolute Gasteiger partial charge is 0.241 e. The summed E-state index contributed by atoms with van der Waals surface area (Å²) in [4.78, 5) is 0.294. The van der Waals surface area contributed by atoms with Crippen LogP contribution in [0, 0.1) is 0 Å². The molecule has 1 atom stereocenters. The topological polar surface area (TPSA) is 58.2 Å². The first kappa shape index (κ1) is 18.0. The number of benzene rings is 1. The molecule has 2 N–H and O–H groups in total. The molecule has 0 aliphatic carbocycles. The van der Waals surface area contributed by atoms with E-state index in [9.17, 15) is 8.42 Å². The first-order valence-electron chi connectivity index (χ1n) is 6.36. The van der Waals surface area contributed by atoms with Crippen molar-refractivity contribution in [2.24, 2.45) is 0 Å². The van der Waals surface area contributed by atoms with Crippen LogP contribution in [0.3, 0.4) is 0 Å². The van der Waals surface area contributed by atoms with E-state index in [0.717, 1.165) is 12.0 Å². The van der Waals surface area contributed by atoms with Gasteiger partial charge in [0.2, 0.25) is 10.0 Å². The third kappa shape index (κ3) is 5.37. The van der Waals surface area contributed by atoms with Crippen LogP contribution in [-0.2, 0) is 16.6 Å². The number of sulfonamides is 1. The molecule has 1 aromatic carbocycles. The molecule has 0 fully saturated rings. The molecular weight excluding hydrogens is 360 g/mol. The van der Waals surface area contributed by atoms with E-state index in [1.165, 1.54) is 0 Å². The highest BCUT2D eigenvalue weighted by Gasteiger charge is 2.18. The van der Waals surface area contributed by atoms with Gasteiger partial charge >= 0.3 is 0 Å². The zero-order valence-electron chi connectivity index (χ0n) is 11.9. The van der Waals surface area contributed by atoms with E-state index in [0.29, 0.717) is 27.7 Å². The van der Waals surface area contributed by atoms with E-state index in [2.05, 4.69) is 32.9 Å². The molecule has 4 nitrogen and oxygen atoms in total. The molecule has 114 valence electrons. The van der Waals surface area contributed by atoms with Crippen LogP contribution in [0.5, 0.6) is 0 Å². The maximum absolute atomic E-state index is 12.3. The van der Waals surface area contributed by atoms with Gasteiger partial charge in [-0.25, -0.2) is 13.1 Å². The molecule has 0 saturated heterocycles. The Kier molecular flexibility index (Phi) is 7.53. The highest BCUT2D eigenvalue weighted by Crippen LogP contribution is 2.23. The van der Waals surface area contributed by atoms with E-state index < -0.39 is 10.0 Å². The molecule has 0 bridgehead atoms. The van der Waals surface area contributed by atoms with Crippen molar-refractivity contribution in [1.82, 2.24) is 10.0 Å². The van der Waals surface area contributed by atoms with Crippen molar-refractivity contribution in [3.63, 3.8) is 0 Å². The Balaban J connectivity index is 2.83. The normalized spacial score (nSPS) is 13.4. The highest BCUT2D eigenvalue weighted by molar-refractivity contribution is 9.10. The Labute approximate surface area is 134 Å². The predicted molar refractivity (Wildman–Crippen MR) is 89.7 cm³/mol. The molecule has 0 aliphatic rings. The average Bonchev–Trinajstić information content (AvgIpc) is 2.40. The number of nitrogens with one attached hydrogen (secondary N) is 2. The Morgan fingerprint density at radius 2 is 2.10 bits per heavy atom. The zero-order chi connectivity index (χ0) is 15.2. The van der Waals surface area contributed by atoms with Crippen molar-refractivity contribution in [2.75, 3.05) is 19.8 Å². The Hall–Kier alpha value is -0.0800. The lowest BCUT2D eigenvalue weighted by Crippen LogP contribution is -2.26. The van der Waals surface area contributed by atoms with Gasteiger partial charge < -0.3 is 5.32 Å². The van der Waals surface area contributed by atoms with Gasteiger partial charge in [0, 0.05) is 22.8 Å². The minimum atomic E-state index is -3.47. The van der Waals surface area contributed by atoms with Crippen molar-refractivity contribution in [2.45, 2.75) is 30.0 Å². The number of rotatable bonds is 8. The molecule has 0 radical (unpaired) electrons. The van der Waals surface area contributed by atoms with Gasteiger partial charge in [-0.3, -0.25) is 0 Å². The van der Waals surface area contributed by atoms with Crippen molar-refractivity contribution in [1.29, 1.82) is 0 Å².